The van der Waals surface area contributed by atoms with Crippen LogP contribution in [0.4, 0.5) is 0 Å². The lowest BCUT2D eigenvalue weighted by Crippen LogP contribution is -2.00. The van der Waals surface area contributed by atoms with E-state index in [2.05, 4.69) is 27.7 Å². The van der Waals surface area contributed by atoms with Crippen LogP contribution in [0, 0.1) is 18.8 Å². The van der Waals surface area contributed by atoms with Crippen LogP contribution in [0.1, 0.15) is 85.0 Å². The molecule has 0 aromatic carbocycles. The van der Waals surface area contributed by atoms with Gasteiger partial charge in [0.05, 0.1) is 0 Å². The van der Waals surface area contributed by atoms with Gasteiger partial charge in [0.25, 0.3) is 0 Å². The average molecular weight is 225 g/mol. The van der Waals surface area contributed by atoms with Crippen molar-refractivity contribution in [3.8, 4) is 0 Å². The van der Waals surface area contributed by atoms with Crippen molar-refractivity contribution in [2.75, 3.05) is 0 Å². The third-order valence-electron chi connectivity index (χ3n) is 3.36. The Bertz CT molecular complexity index is 126. The maximum Gasteiger partial charge on any atom is -0.0440 e. The molecule has 0 saturated heterocycles. The first-order chi connectivity index (χ1) is 7.66. The van der Waals surface area contributed by atoms with Gasteiger partial charge in [0.2, 0.25) is 0 Å². The van der Waals surface area contributed by atoms with E-state index in [1.54, 1.807) is 0 Å². The van der Waals surface area contributed by atoms with Gasteiger partial charge in [-0.15, -0.1) is 0 Å². The minimum absolute atomic E-state index is 0.629. The Labute approximate surface area is 104 Å². The van der Waals surface area contributed by atoms with Crippen molar-refractivity contribution in [1.29, 1.82) is 0 Å². The van der Waals surface area contributed by atoms with E-state index in [-0.39, 0.29) is 0 Å². The standard InChI is InChI=1S/C16H33/c1-5-6-7-8-9-10-11-12-13-16(4)14-15(2)3/h15-16H,2,5-14H2,1,3-4H3. The topological polar surface area (TPSA) is 0 Å². The van der Waals surface area contributed by atoms with E-state index in [1.807, 2.05) is 0 Å². The van der Waals surface area contributed by atoms with Gasteiger partial charge in [0, 0.05) is 0 Å². The van der Waals surface area contributed by atoms with Gasteiger partial charge in [0.15, 0.2) is 0 Å². The molecule has 97 valence electrons. The second-order valence-electron chi connectivity index (χ2n) is 5.71. The highest BCUT2D eigenvalue weighted by Crippen LogP contribution is 2.18. The van der Waals surface area contributed by atoms with Crippen LogP contribution in [0.15, 0.2) is 0 Å². The smallest absolute Gasteiger partial charge is 0.0440 e. The summed E-state index contributed by atoms with van der Waals surface area (Å²) in [7, 11) is 0. The molecular formula is C16H33. The maximum atomic E-state index is 4.06. The average Bonchev–Trinajstić information content (AvgIpc) is 2.21. The quantitative estimate of drug-likeness (QED) is 0.377. The monoisotopic (exact) mass is 225 g/mol. The largest absolute Gasteiger partial charge is 0.0654 e. The Morgan fingerprint density at radius 3 is 1.81 bits per heavy atom. The molecule has 0 fully saturated rings. The summed E-state index contributed by atoms with van der Waals surface area (Å²) in [5.41, 5.74) is 0. The molecule has 2 atom stereocenters. The fourth-order valence-corrected chi connectivity index (χ4v) is 2.43. The van der Waals surface area contributed by atoms with Crippen molar-refractivity contribution < 1.29 is 0 Å². The number of rotatable bonds is 11. The van der Waals surface area contributed by atoms with E-state index in [0.717, 1.165) is 5.92 Å². The predicted molar refractivity (Wildman–Crippen MR) is 75.5 cm³/mol. The van der Waals surface area contributed by atoms with Crippen LogP contribution in [0.25, 0.3) is 0 Å². The highest BCUT2D eigenvalue weighted by Gasteiger charge is 2.04. The van der Waals surface area contributed by atoms with E-state index >= 15 is 0 Å². The van der Waals surface area contributed by atoms with Crippen LogP contribution < -0.4 is 0 Å². The van der Waals surface area contributed by atoms with E-state index < -0.39 is 0 Å². The van der Waals surface area contributed by atoms with Gasteiger partial charge in [-0.2, -0.15) is 0 Å². The molecule has 0 saturated carbocycles. The molecule has 2 unspecified atom stereocenters. The van der Waals surface area contributed by atoms with Crippen LogP contribution in [0.3, 0.4) is 0 Å². The summed E-state index contributed by atoms with van der Waals surface area (Å²) in [5, 5.41) is 0. The minimum atomic E-state index is 0.629. The maximum absolute atomic E-state index is 4.06. The summed E-state index contributed by atoms with van der Waals surface area (Å²) >= 11 is 0. The molecule has 0 nitrogen and oxygen atoms in total. The van der Waals surface area contributed by atoms with Crippen LogP contribution in [0.2, 0.25) is 0 Å². The summed E-state index contributed by atoms with van der Waals surface area (Å²) in [4.78, 5) is 0. The normalized spacial score (nSPS) is 13.3. The van der Waals surface area contributed by atoms with Gasteiger partial charge in [0.1, 0.15) is 0 Å². The highest BCUT2D eigenvalue weighted by atomic mass is 14.1. The first-order valence-corrected chi connectivity index (χ1v) is 7.49. The molecule has 0 rings (SSSR count). The Morgan fingerprint density at radius 2 is 1.31 bits per heavy atom. The Kier molecular flexibility index (Phi) is 11.5. The summed E-state index contributed by atoms with van der Waals surface area (Å²) in [5.74, 6) is 1.51. The molecule has 1 radical (unpaired) electrons. The first kappa shape index (κ1) is 16.0. The third-order valence-corrected chi connectivity index (χ3v) is 3.36. The lowest BCUT2D eigenvalue weighted by Gasteiger charge is -2.13. The van der Waals surface area contributed by atoms with Crippen molar-refractivity contribution in [1.82, 2.24) is 0 Å². The fourth-order valence-electron chi connectivity index (χ4n) is 2.43. The molecule has 0 spiro atoms. The molecule has 0 aromatic rings. The number of unbranched alkanes of at least 4 members (excludes halogenated alkanes) is 7. The molecule has 0 heterocycles. The summed E-state index contributed by atoms with van der Waals surface area (Å²) in [6.07, 6.45) is 14.2. The van der Waals surface area contributed by atoms with Gasteiger partial charge in [-0.3, -0.25) is 0 Å². The van der Waals surface area contributed by atoms with E-state index in [4.69, 9.17) is 0 Å². The van der Waals surface area contributed by atoms with Crippen molar-refractivity contribution in [3.05, 3.63) is 6.92 Å². The Balaban J connectivity index is 3.08. The molecule has 16 heavy (non-hydrogen) atoms. The van der Waals surface area contributed by atoms with Gasteiger partial charge in [-0.05, 0) is 18.3 Å². The summed E-state index contributed by atoms with van der Waals surface area (Å²) < 4.78 is 0. The number of hydrogen-bond acceptors (Lipinski definition) is 0. The summed E-state index contributed by atoms with van der Waals surface area (Å²) in [6, 6.07) is 0. The van der Waals surface area contributed by atoms with E-state index in [0.29, 0.717) is 5.92 Å². The van der Waals surface area contributed by atoms with Crippen LogP contribution in [-0.2, 0) is 0 Å². The minimum Gasteiger partial charge on any atom is -0.0654 e. The lowest BCUT2D eigenvalue weighted by atomic mass is 9.93. The Hall–Kier alpha value is 0. The van der Waals surface area contributed by atoms with Crippen LogP contribution >= 0.6 is 0 Å². The molecule has 0 aliphatic carbocycles. The van der Waals surface area contributed by atoms with Crippen molar-refractivity contribution in [2.24, 2.45) is 11.8 Å². The predicted octanol–water partition coefficient (Wildman–Crippen LogP) is 6.01. The SMILES string of the molecule is [CH2]C(C)CC(C)CCCCCCCCCC. The van der Waals surface area contributed by atoms with Gasteiger partial charge in [-0.1, -0.05) is 85.5 Å². The van der Waals surface area contributed by atoms with Gasteiger partial charge >= 0.3 is 0 Å². The van der Waals surface area contributed by atoms with Gasteiger partial charge in [-0.25, -0.2) is 0 Å². The third kappa shape index (κ3) is 12.1. The zero-order chi connectivity index (χ0) is 12.2. The molecule has 0 aromatic heterocycles. The zero-order valence-electron chi connectivity index (χ0n) is 11.9. The fraction of sp³-hybridized carbons (Fsp3) is 0.938. The molecule has 0 bridgehead atoms. The number of hydrogen-bond donors (Lipinski definition) is 0. The molecule has 0 amide bonds. The van der Waals surface area contributed by atoms with Gasteiger partial charge < -0.3 is 0 Å². The van der Waals surface area contributed by atoms with Crippen LogP contribution in [-0.4, -0.2) is 0 Å². The second-order valence-corrected chi connectivity index (χ2v) is 5.71. The lowest BCUT2D eigenvalue weighted by molar-refractivity contribution is 0.414. The van der Waals surface area contributed by atoms with Crippen molar-refractivity contribution in [3.63, 3.8) is 0 Å². The highest BCUT2D eigenvalue weighted by molar-refractivity contribution is 4.61. The molecular weight excluding hydrogens is 192 g/mol. The van der Waals surface area contributed by atoms with Crippen LogP contribution in [0.5, 0.6) is 0 Å². The first-order valence-electron chi connectivity index (χ1n) is 7.49. The van der Waals surface area contributed by atoms with Crippen molar-refractivity contribution >= 4 is 0 Å². The Morgan fingerprint density at radius 1 is 0.812 bits per heavy atom. The zero-order valence-corrected chi connectivity index (χ0v) is 11.9. The molecule has 0 N–H and O–H groups in total. The molecule has 0 aliphatic heterocycles. The molecule has 0 heteroatoms. The van der Waals surface area contributed by atoms with E-state index in [1.165, 1.54) is 64.2 Å². The second kappa shape index (κ2) is 11.5. The van der Waals surface area contributed by atoms with E-state index in [9.17, 15) is 0 Å². The summed E-state index contributed by atoms with van der Waals surface area (Å²) in [6.45, 7) is 11.0. The molecule has 0 aliphatic rings. The van der Waals surface area contributed by atoms with Crippen molar-refractivity contribution in [2.45, 2.75) is 85.0 Å².